The standard InChI is InChI=1S/C26H23N3O2S/c1-16(26-29(2)20-12-8-9-13-23(20)32-26)24-18-14-21(30-3)22(31-4)15-19(18)27-25(28-24)17-10-6-5-7-11-17/h5-15H,1-4H3. The lowest BCUT2D eigenvalue weighted by atomic mass is 10.1. The first-order valence-corrected chi connectivity index (χ1v) is 11.1. The van der Waals surface area contributed by atoms with Gasteiger partial charge in [-0.05, 0) is 25.1 Å². The van der Waals surface area contributed by atoms with Gasteiger partial charge < -0.3 is 14.4 Å². The fraction of sp³-hybridized carbons (Fsp3) is 0.154. The molecule has 0 N–H and O–H groups in total. The zero-order chi connectivity index (χ0) is 22.2. The van der Waals surface area contributed by atoms with Gasteiger partial charge in [0.25, 0.3) is 0 Å². The van der Waals surface area contributed by atoms with E-state index in [1.165, 1.54) is 10.6 Å². The van der Waals surface area contributed by atoms with E-state index in [1.807, 2.05) is 42.5 Å². The number of rotatable bonds is 4. The Balaban J connectivity index is 1.77. The lowest BCUT2D eigenvalue weighted by Gasteiger charge is -2.18. The van der Waals surface area contributed by atoms with Gasteiger partial charge >= 0.3 is 0 Å². The number of hydrogen-bond donors (Lipinski definition) is 0. The molecule has 0 spiro atoms. The zero-order valence-corrected chi connectivity index (χ0v) is 19.2. The summed E-state index contributed by atoms with van der Waals surface area (Å²) in [5, 5.41) is 2.08. The number of allylic oxidation sites excluding steroid dienone is 1. The van der Waals surface area contributed by atoms with E-state index in [0.717, 1.165) is 32.8 Å². The summed E-state index contributed by atoms with van der Waals surface area (Å²) in [5.41, 5.74) is 4.96. The van der Waals surface area contributed by atoms with Crippen molar-refractivity contribution < 1.29 is 9.47 Å². The number of aromatic nitrogens is 2. The highest BCUT2D eigenvalue weighted by molar-refractivity contribution is 8.04. The molecule has 0 fully saturated rings. The highest BCUT2D eigenvalue weighted by atomic mass is 32.2. The summed E-state index contributed by atoms with van der Waals surface area (Å²) in [6.45, 7) is 2.12. The number of nitrogens with zero attached hydrogens (tertiary/aromatic N) is 3. The minimum Gasteiger partial charge on any atom is -0.493 e. The Hall–Kier alpha value is -3.51. The van der Waals surface area contributed by atoms with Gasteiger partial charge in [0.15, 0.2) is 17.3 Å². The van der Waals surface area contributed by atoms with Crippen LogP contribution in [0.2, 0.25) is 0 Å². The van der Waals surface area contributed by atoms with Crippen molar-refractivity contribution in [1.82, 2.24) is 9.97 Å². The lowest BCUT2D eigenvalue weighted by molar-refractivity contribution is 0.356. The maximum absolute atomic E-state index is 5.58. The van der Waals surface area contributed by atoms with E-state index in [0.29, 0.717) is 17.3 Å². The van der Waals surface area contributed by atoms with E-state index in [9.17, 15) is 0 Å². The largest absolute Gasteiger partial charge is 0.493 e. The Kier molecular flexibility index (Phi) is 5.23. The van der Waals surface area contributed by atoms with E-state index in [1.54, 1.807) is 26.0 Å². The third kappa shape index (κ3) is 3.37. The fourth-order valence-electron chi connectivity index (χ4n) is 3.99. The number of hydrogen-bond acceptors (Lipinski definition) is 6. The van der Waals surface area contributed by atoms with Crippen molar-refractivity contribution in [2.24, 2.45) is 0 Å². The molecule has 0 atom stereocenters. The van der Waals surface area contributed by atoms with Crippen LogP contribution in [0.25, 0.3) is 27.9 Å². The van der Waals surface area contributed by atoms with Gasteiger partial charge in [-0.15, -0.1) is 0 Å². The van der Waals surface area contributed by atoms with Crippen LogP contribution in [0.3, 0.4) is 0 Å². The molecule has 5 rings (SSSR count). The Morgan fingerprint density at radius 3 is 2.28 bits per heavy atom. The molecule has 3 aromatic carbocycles. The molecule has 1 aromatic heterocycles. The van der Waals surface area contributed by atoms with Crippen LogP contribution in [0.4, 0.5) is 5.69 Å². The summed E-state index contributed by atoms with van der Waals surface area (Å²) in [4.78, 5) is 13.4. The Labute approximate surface area is 191 Å². The van der Waals surface area contributed by atoms with Crippen molar-refractivity contribution in [3.8, 4) is 22.9 Å². The minimum absolute atomic E-state index is 0.647. The number of methoxy groups -OCH3 is 2. The molecule has 6 heteroatoms. The van der Waals surface area contributed by atoms with Crippen LogP contribution in [-0.2, 0) is 0 Å². The number of thioether (sulfide) groups is 1. The van der Waals surface area contributed by atoms with Gasteiger partial charge in [-0.1, -0.05) is 54.2 Å². The van der Waals surface area contributed by atoms with Crippen molar-refractivity contribution in [3.05, 3.63) is 77.5 Å². The third-order valence-electron chi connectivity index (χ3n) is 5.65. The van der Waals surface area contributed by atoms with Gasteiger partial charge in [0.05, 0.1) is 36.1 Å². The lowest BCUT2D eigenvalue weighted by Crippen LogP contribution is -2.11. The van der Waals surface area contributed by atoms with Gasteiger partial charge in [0.2, 0.25) is 0 Å². The second-order valence-electron chi connectivity index (χ2n) is 7.55. The SMILES string of the molecule is COc1cc2nc(-c3ccccc3)nc(C(C)=C3Sc4ccccc4N3C)c2cc1OC. The molecule has 2 heterocycles. The van der Waals surface area contributed by atoms with Crippen molar-refractivity contribution in [3.63, 3.8) is 0 Å². The summed E-state index contributed by atoms with van der Waals surface area (Å²) < 4.78 is 11.1. The fourth-order valence-corrected chi connectivity index (χ4v) is 5.14. The molecule has 160 valence electrons. The maximum atomic E-state index is 5.58. The summed E-state index contributed by atoms with van der Waals surface area (Å²) in [6.07, 6.45) is 0. The van der Waals surface area contributed by atoms with Crippen LogP contribution in [0, 0.1) is 0 Å². The van der Waals surface area contributed by atoms with Crippen LogP contribution in [0.1, 0.15) is 12.6 Å². The monoisotopic (exact) mass is 441 g/mol. The summed E-state index contributed by atoms with van der Waals surface area (Å²) in [6, 6.07) is 22.4. The normalized spacial score (nSPS) is 14.4. The molecular formula is C26H23N3O2S. The van der Waals surface area contributed by atoms with E-state index in [2.05, 4.69) is 43.1 Å². The number of ether oxygens (including phenoxy) is 2. The minimum atomic E-state index is 0.647. The van der Waals surface area contributed by atoms with Crippen LogP contribution in [-0.4, -0.2) is 31.2 Å². The van der Waals surface area contributed by atoms with Crippen LogP contribution in [0.15, 0.2) is 76.7 Å². The smallest absolute Gasteiger partial charge is 0.162 e. The van der Waals surface area contributed by atoms with E-state index >= 15 is 0 Å². The van der Waals surface area contributed by atoms with Gasteiger partial charge in [-0.3, -0.25) is 0 Å². The summed E-state index contributed by atoms with van der Waals surface area (Å²) in [7, 11) is 5.38. The summed E-state index contributed by atoms with van der Waals surface area (Å²) >= 11 is 1.76. The molecule has 0 unspecified atom stereocenters. The van der Waals surface area contributed by atoms with Crippen molar-refractivity contribution in [1.29, 1.82) is 0 Å². The first-order valence-electron chi connectivity index (χ1n) is 10.3. The maximum Gasteiger partial charge on any atom is 0.162 e. The number of anilines is 1. The Bertz CT molecular complexity index is 1350. The first kappa shape index (κ1) is 20.4. The highest BCUT2D eigenvalue weighted by Gasteiger charge is 2.26. The Morgan fingerprint density at radius 1 is 0.875 bits per heavy atom. The Morgan fingerprint density at radius 2 is 1.56 bits per heavy atom. The second-order valence-corrected chi connectivity index (χ2v) is 8.58. The first-order chi connectivity index (χ1) is 15.6. The van der Waals surface area contributed by atoms with Crippen LogP contribution < -0.4 is 14.4 Å². The van der Waals surface area contributed by atoms with Crippen molar-refractivity contribution >= 4 is 33.9 Å². The summed E-state index contributed by atoms with van der Waals surface area (Å²) in [5.74, 6) is 1.99. The molecule has 5 nitrogen and oxygen atoms in total. The molecule has 1 aliphatic heterocycles. The van der Waals surface area contributed by atoms with Gasteiger partial charge in [0.1, 0.15) is 0 Å². The molecule has 0 saturated carbocycles. The van der Waals surface area contributed by atoms with Gasteiger partial charge in [0, 0.05) is 34.5 Å². The van der Waals surface area contributed by atoms with Crippen molar-refractivity contribution in [2.75, 3.05) is 26.2 Å². The van der Waals surface area contributed by atoms with Crippen LogP contribution >= 0.6 is 11.8 Å². The van der Waals surface area contributed by atoms with E-state index in [4.69, 9.17) is 19.4 Å². The van der Waals surface area contributed by atoms with E-state index in [-0.39, 0.29) is 0 Å². The second kappa shape index (κ2) is 8.20. The molecule has 0 saturated heterocycles. The predicted octanol–water partition coefficient (Wildman–Crippen LogP) is 6.24. The average Bonchev–Trinajstić information content (AvgIpc) is 3.19. The molecule has 32 heavy (non-hydrogen) atoms. The molecule has 0 radical (unpaired) electrons. The average molecular weight is 442 g/mol. The molecule has 4 aromatic rings. The zero-order valence-electron chi connectivity index (χ0n) is 18.4. The topological polar surface area (TPSA) is 47.5 Å². The van der Waals surface area contributed by atoms with E-state index < -0.39 is 0 Å². The molecule has 0 aliphatic carbocycles. The predicted molar refractivity (Wildman–Crippen MR) is 131 cm³/mol. The molecular weight excluding hydrogens is 418 g/mol. The molecule has 0 bridgehead atoms. The quantitative estimate of drug-likeness (QED) is 0.373. The van der Waals surface area contributed by atoms with Crippen molar-refractivity contribution in [2.45, 2.75) is 11.8 Å². The highest BCUT2D eigenvalue weighted by Crippen LogP contribution is 2.48. The number of para-hydroxylation sites is 1. The van der Waals surface area contributed by atoms with Gasteiger partial charge in [-0.2, -0.15) is 0 Å². The van der Waals surface area contributed by atoms with Gasteiger partial charge in [-0.25, -0.2) is 9.97 Å². The molecule has 1 aliphatic rings. The number of fused-ring (bicyclic) bond motifs is 2. The number of benzene rings is 3. The van der Waals surface area contributed by atoms with Crippen LogP contribution in [0.5, 0.6) is 11.5 Å². The molecule has 0 amide bonds. The third-order valence-corrected chi connectivity index (χ3v) is 6.99.